The van der Waals surface area contributed by atoms with E-state index in [1.807, 2.05) is 54.0 Å². The summed E-state index contributed by atoms with van der Waals surface area (Å²) in [6, 6.07) is 17.2. The van der Waals surface area contributed by atoms with Gasteiger partial charge in [0, 0.05) is 16.3 Å². The molecule has 0 aliphatic heterocycles. The van der Waals surface area contributed by atoms with E-state index in [1.54, 1.807) is 19.1 Å². The predicted molar refractivity (Wildman–Crippen MR) is 94.7 cm³/mol. The zero-order valence-electron chi connectivity index (χ0n) is 13.5. The van der Waals surface area contributed by atoms with Crippen LogP contribution in [0.5, 0.6) is 0 Å². The number of benzene rings is 2. The number of hydrogen-bond donors (Lipinski definition) is 0. The SMILES string of the molecule is CCOC(=O)c1nc(-c2ccc(Cl)cc2)n(-c2ccccc2)c1C. The van der Waals surface area contributed by atoms with E-state index >= 15 is 0 Å². The van der Waals surface area contributed by atoms with Gasteiger partial charge < -0.3 is 4.74 Å². The third-order valence-corrected chi connectivity index (χ3v) is 3.95. The highest BCUT2D eigenvalue weighted by Crippen LogP contribution is 2.27. The van der Waals surface area contributed by atoms with Crippen molar-refractivity contribution in [3.05, 3.63) is 71.0 Å². The lowest BCUT2D eigenvalue weighted by molar-refractivity contribution is 0.0519. The average Bonchev–Trinajstić information content (AvgIpc) is 2.94. The van der Waals surface area contributed by atoms with Crippen LogP contribution in [0, 0.1) is 6.92 Å². The Morgan fingerprint density at radius 1 is 1.12 bits per heavy atom. The minimum Gasteiger partial charge on any atom is -0.461 e. The Morgan fingerprint density at radius 2 is 1.79 bits per heavy atom. The van der Waals surface area contributed by atoms with E-state index in [1.165, 1.54) is 0 Å². The molecule has 0 saturated heterocycles. The lowest BCUT2D eigenvalue weighted by atomic mass is 10.2. The topological polar surface area (TPSA) is 44.1 Å². The van der Waals surface area contributed by atoms with Gasteiger partial charge in [0.1, 0.15) is 5.82 Å². The number of halogens is 1. The monoisotopic (exact) mass is 340 g/mol. The maximum atomic E-state index is 12.2. The summed E-state index contributed by atoms with van der Waals surface area (Å²) in [4.78, 5) is 16.8. The molecular formula is C19H17ClN2O2. The first kappa shape index (κ1) is 16.3. The molecule has 24 heavy (non-hydrogen) atoms. The second-order valence-corrected chi connectivity index (χ2v) is 5.70. The van der Waals surface area contributed by atoms with E-state index in [0.717, 1.165) is 16.9 Å². The molecule has 3 aromatic rings. The molecule has 0 unspecified atom stereocenters. The molecular weight excluding hydrogens is 324 g/mol. The quantitative estimate of drug-likeness (QED) is 0.648. The van der Waals surface area contributed by atoms with Crippen molar-refractivity contribution in [2.75, 3.05) is 6.61 Å². The van der Waals surface area contributed by atoms with Gasteiger partial charge in [0.25, 0.3) is 0 Å². The first-order chi connectivity index (χ1) is 11.6. The summed E-state index contributed by atoms with van der Waals surface area (Å²) in [5.41, 5.74) is 2.88. The Hall–Kier alpha value is -2.59. The van der Waals surface area contributed by atoms with Crippen LogP contribution in [0.15, 0.2) is 54.6 Å². The average molecular weight is 341 g/mol. The molecule has 122 valence electrons. The summed E-state index contributed by atoms with van der Waals surface area (Å²) in [7, 11) is 0. The van der Waals surface area contributed by atoms with E-state index in [9.17, 15) is 4.79 Å². The Bertz CT molecular complexity index is 855. The molecule has 0 aliphatic rings. The second-order valence-electron chi connectivity index (χ2n) is 5.27. The molecule has 3 rings (SSSR count). The molecule has 0 saturated carbocycles. The minimum absolute atomic E-state index is 0.312. The van der Waals surface area contributed by atoms with E-state index < -0.39 is 5.97 Å². The molecule has 0 spiro atoms. The molecule has 4 nitrogen and oxygen atoms in total. The van der Waals surface area contributed by atoms with Gasteiger partial charge in [-0.2, -0.15) is 0 Å². The van der Waals surface area contributed by atoms with Crippen molar-refractivity contribution in [3.8, 4) is 17.1 Å². The van der Waals surface area contributed by atoms with Crippen LogP contribution in [-0.2, 0) is 4.74 Å². The number of rotatable bonds is 4. The van der Waals surface area contributed by atoms with Gasteiger partial charge in [0.2, 0.25) is 0 Å². The van der Waals surface area contributed by atoms with Crippen LogP contribution in [0.2, 0.25) is 5.02 Å². The Morgan fingerprint density at radius 3 is 2.42 bits per heavy atom. The normalized spacial score (nSPS) is 10.6. The van der Waals surface area contributed by atoms with Gasteiger partial charge in [-0.1, -0.05) is 29.8 Å². The summed E-state index contributed by atoms with van der Waals surface area (Å²) in [5, 5.41) is 0.652. The van der Waals surface area contributed by atoms with Crippen LogP contribution in [0.3, 0.4) is 0 Å². The first-order valence-electron chi connectivity index (χ1n) is 7.69. The number of ether oxygens (including phenoxy) is 1. The van der Waals surface area contributed by atoms with Gasteiger partial charge in [0.15, 0.2) is 5.69 Å². The van der Waals surface area contributed by atoms with Crippen LogP contribution in [0.25, 0.3) is 17.1 Å². The van der Waals surface area contributed by atoms with Crippen LogP contribution in [0.1, 0.15) is 23.1 Å². The lowest BCUT2D eigenvalue weighted by Crippen LogP contribution is -2.07. The van der Waals surface area contributed by atoms with Crippen LogP contribution in [0.4, 0.5) is 0 Å². The molecule has 2 aromatic carbocycles. The van der Waals surface area contributed by atoms with E-state index in [0.29, 0.717) is 23.1 Å². The van der Waals surface area contributed by atoms with Crippen LogP contribution >= 0.6 is 11.6 Å². The van der Waals surface area contributed by atoms with Gasteiger partial charge in [0.05, 0.1) is 12.3 Å². The van der Waals surface area contributed by atoms with E-state index in [2.05, 4.69) is 4.98 Å². The fourth-order valence-corrected chi connectivity index (χ4v) is 2.71. The summed E-state index contributed by atoms with van der Waals surface area (Å²) in [5.74, 6) is 0.262. The zero-order valence-corrected chi connectivity index (χ0v) is 14.2. The minimum atomic E-state index is -0.417. The summed E-state index contributed by atoms with van der Waals surface area (Å²) >= 11 is 5.98. The number of aromatic nitrogens is 2. The molecule has 0 N–H and O–H groups in total. The van der Waals surface area contributed by atoms with Crippen molar-refractivity contribution >= 4 is 17.6 Å². The molecule has 1 aromatic heterocycles. The Balaban J connectivity index is 2.21. The highest BCUT2D eigenvalue weighted by molar-refractivity contribution is 6.30. The smallest absolute Gasteiger partial charge is 0.358 e. The maximum absolute atomic E-state index is 12.2. The predicted octanol–water partition coefficient (Wildman–Crippen LogP) is 4.68. The molecule has 5 heteroatoms. The van der Waals surface area contributed by atoms with Crippen LogP contribution < -0.4 is 0 Å². The third-order valence-electron chi connectivity index (χ3n) is 3.69. The summed E-state index contributed by atoms with van der Waals surface area (Å²) in [6.45, 7) is 3.96. The maximum Gasteiger partial charge on any atom is 0.358 e. The van der Waals surface area contributed by atoms with Crippen molar-refractivity contribution in [2.24, 2.45) is 0 Å². The number of esters is 1. The van der Waals surface area contributed by atoms with Crippen LogP contribution in [-0.4, -0.2) is 22.1 Å². The zero-order chi connectivity index (χ0) is 17.1. The van der Waals surface area contributed by atoms with Crippen molar-refractivity contribution in [3.63, 3.8) is 0 Å². The van der Waals surface area contributed by atoms with E-state index in [-0.39, 0.29) is 0 Å². The van der Waals surface area contributed by atoms with Gasteiger partial charge in [-0.25, -0.2) is 9.78 Å². The number of imidazole rings is 1. The highest BCUT2D eigenvalue weighted by Gasteiger charge is 2.22. The Kier molecular flexibility index (Phi) is 4.67. The molecule has 0 aliphatic carbocycles. The van der Waals surface area contributed by atoms with Gasteiger partial charge in [-0.15, -0.1) is 0 Å². The molecule has 1 heterocycles. The van der Waals surface area contributed by atoms with Gasteiger partial charge >= 0.3 is 5.97 Å². The summed E-state index contributed by atoms with van der Waals surface area (Å²) in [6.07, 6.45) is 0. The second kappa shape index (κ2) is 6.89. The highest BCUT2D eigenvalue weighted by atomic mass is 35.5. The number of carbonyl (C=O) groups is 1. The fraction of sp³-hybridized carbons (Fsp3) is 0.158. The van der Waals surface area contributed by atoms with Crippen molar-refractivity contribution in [1.82, 2.24) is 9.55 Å². The van der Waals surface area contributed by atoms with Crippen molar-refractivity contribution < 1.29 is 9.53 Å². The number of hydrogen-bond acceptors (Lipinski definition) is 3. The third kappa shape index (κ3) is 3.05. The molecule has 0 bridgehead atoms. The van der Waals surface area contributed by atoms with E-state index in [4.69, 9.17) is 16.3 Å². The largest absolute Gasteiger partial charge is 0.461 e. The Labute approximate surface area is 145 Å². The number of para-hydroxylation sites is 1. The standard InChI is InChI=1S/C19H17ClN2O2/c1-3-24-19(23)17-13(2)22(16-7-5-4-6-8-16)18(21-17)14-9-11-15(20)12-10-14/h4-12H,3H2,1-2H3. The molecule has 0 radical (unpaired) electrons. The van der Waals surface area contributed by atoms with Gasteiger partial charge in [-0.3, -0.25) is 4.57 Å². The summed E-state index contributed by atoms with van der Waals surface area (Å²) < 4.78 is 7.09. The molecule has 0 amide bonds. The van der Waals surface area contributed by atoms with Crippen molar-refractivity contribution in [2.45, 2.75) is 13.8 Å². The molecule has 0 atom stereocenters. The first-order valence-corrected chi connectivity index (χ1v) is 8.07. The fourth-order valence-electron chi connectivity index (χ4n) is 2.58. The van der Waals surface area contributed by atoms with Gasteiger partial charge in [-0.05, 0) is 50.2 Å². The number of nitrogens with zero attached hydrogens (tertiary/aromatic N) is 2. The number of carbonyl (C=O) groups excluding carboxylic acids is 1. The molecule has 0 fully saturated rings. The van der Waals surface area contributed by atoms with Crippen molar-refractivity contribution in [1.29, 1.82) is 0 Å². The lowest BCUT2D eigenvalue weighted by Gasteiger charge is -2.10.